The van der Waals surface area contributed by atoms with Crippen molar-refractivity contribution in [2.24, 2.45) is 7.05 Å². The van der Waals surface area contributed by atoms with Crippen molar-refractivity contribution in [2.75, 3.05) is 13.1 Å². The molecule has 0 unspecified atom stereocenters. The number of nitrogens with zero attached hydrogens (tertiary/aromatic N) is 3. The Bertz CT molecular complexity index is 467. The van der Waals surface area contributed by atoms with Crippen LogP contribution in [0.4, 0.5) is 0 Å². The van der Waals surface area contributed by atoms with Gasteiger partial charge in [-0.05, 0) is 6.92 Å². The van der Waals surface area contributed by atoms with E-state index in [4.69, 9.17) is 11.6 Å². The number of imide groups is 1. The Labute approximate surface area is 104 Å². The minimum Gasteiger partial charge on any atom is -0.294 e. The second kappa shape index (κ2) is 4.46. The van der Waals surface area contributed by atoms with Crippen LogP contribution >= 0.6 is 11.6 Å². The third-order valence-electron chi connectivity index (χ3n) is 2.66. The molecule has 1 aliphatic heterocycles. The molecule has 17 heavy (non-hydrogen) atoms. The molecule has 1 saturated heterocycles. The number of amides is 2. The lowest BCUT2D eigenvalue weighted by atomic mass is 10.2. The van der Waals surface area contributed by atoms with E-state index in [2.05, 4.69) is 10.4 Å². The number of carbonyl (C=O) groups excluding carboxylic acids is 2. The number of halogens is 1. The minimum atomic E-state index is -0.279. The Balaban J connectivity index is 2.15. The van der Waals surface area contributed by atoms with Gasteiger partial charge in [0.25, 0.3) is 0 Å². The number of hydrogen-bond donors (Lipinski definition) is 1. The van der Waals surface area contributed by atoms with Crippen molar-refractivity contribution in [3.63, 3.8) is 0 Å². The molecule has 0 aliphatic carbocycles. The monoisotopic (exact) mass is 256 g/mol. The van der Waals surface area contributed by atoms with Crippen LogP contribution in [0.15, 0.2) is 0 Å². The van der Waals surface area contributed by atoms with Crippen LogP contribution in [0.3, 0.4) is 0 Å². The van der Waals surface area contributed by atoms with Crippen LogP contribution in [0.5, 0.6) is 0 Å². The van der Waals surface area contributed by atoms with Crippen molar-refractivity contribution < 1.29 is 9.59 Å². The molecule has 7 heteroatoms. The molecule has 0 saturated carbocycles. The Morgan fingerprint density at radius 1 is 1.35 bits per heavy atom. The summed E-state index contributed by atoms with van der Waals surface area (Å²) in [5.74, 6) is -0.558. The first-order valence-corrected chi connectivity index (χ1v) is 5.58. The normalized spacial score (nSPS) is 17.4. The first-order chi connectivity index (χ1) is 7.97. The summed E-state index contributed by atoms with van der Waals surface area (Å²) < 4.78 is 1.58. The van der Waals surface area contributed by atoms with Crippen LogP contribution in [0.2, 0.25) is 5.15 Å². The third-order valence-corrected chi connectivity index (χ3v) is 3.14. The van der Waals surface area contributed by atoms with E-state index in [0.717, 1.165) is 11.3 Å². The van der Waals surface area contributed by atoms with Gasteiger partial charge in [-0.25, -0.2) is 0 Å². The molecule has 0 aromatic carbocycles. The first kappa shape index (κ1) is 12.1. The van der Waals surface area contributed by atoms with Crippen LogP contribution in [0.1, 0.15) is 11.3 Å². The van der Waals surface area contributed by atoms with Crippen LogP contribution in [0, 0.1) is 6.92 Å². The Morgan fingerprint density at radius 3 is 2.41 bits per heavy atom. The van der Waals surface area contributed by atoms with Gasteiger partial charge in [-0.2, -0.15) is 5.10 Å². The van der Waals surface area contributed by atoms with Gasteiger partial charge in [-0.15, -0.1) is 0 Å². The molecule has 0 spiro atoms. The van der Waals surface area contributed by atoms with E-state index in [0.29, 0.717) is 11.7 Å². The van der Waals surface area contributed by atoms with Crippen LogP contribution in [0.25, 0.3) is 0 Å². The Hall–Kier alpha value is -1.40. The van der Waals surface area contributed by atoms with Gasteiger partial charge in [0.2, 0.25) is 11.8 Å². The zero-order chi connectivity index (χ0) is 12.6. The molecule has 1 N–H and O–H groups in total. The summed E-state index contributed by atoms with van der Waals surface area (Å²) in [6.45, 7) is 2.72. The molecule has 0 radical (unpaired) electrons. The number of hydrogen-bond acceptors (Lipinski definition) is 4. The highest BCUT2D eigenvalue weighted by atomic mass is 35.5. The van der Waals surface area contributed by atoms with Gasteiger partial charge < -0.3 is 0 Å². The van der Waals surface area contributed by atoms with Gasteiger partial charge in [0.15, 0.2) is 0 Å². The van der Waals surface area contributed by atoms with E-state index in [1.807, 2.05) is 6.92 Å². The van der Waals surface area contributed by atoms with Crippen molar-refractivity contribution in [1.29, 1.82) is 0 Å². The number of nitrogens with one attached hydrogen (secondary N) is 1. The van der Waals surface area contributed by atoms with E-state index in [-0.39, 0.29) is 24.9 Å². The highest BCUT2D eigenvalue weighted by Crippen LogP contribution is 2.20. The summed E-state index contributed by atoms with van der Waals surface area (Å²) in [6, 6.07) is 0. The quantitative estimate of drug-likeness (QED) is 0.747. The zero-order valence-corrected chi connectivity index (χ0v) is 10.4. The SMILES string of the molecule is Cc1nn(C)c(Cl)c1CN1CC(=O)NC(=O)C1. The van der Waals surface area contributed by atoms with Crippen LogP contribution < -0.4 is 5.32 Å². The summed E-state index contributed by atoms with van der Waals surface area (Å²) in [6.07, 6.45) is 0. The summed E-state index contributed by atoms with van der Waals surface area (Å²) in [7, 11) is 1.76. The number of rotatable bonds is 2. The van der Waals surface area contributed by atoms with E-state index in [1.165, 1.54) is 0 Å². The van der Waals surface area contributed by atoms with Gasteiger partial charge in [-0.1, -0.05) is 11.6 Å². The smallest absolute Gasteiger partial charge is 0.240 e. The standard InChI is InChI=1S/C10H13ClN4O2/c1-6-7(10(11)14(2)13-6)3-15-4-8(16)12-9(17)5-15/h3-5H2,1-2H3,(H,12,16,17). The van der Waals surface area contributed by atoms with Crippen LogP contribution in [-0.4, -0.2) is 39.6 Å². The predicted octanol–water partition coefficient (Wildman–Crippen LogP) is -0.160. The highest BCUT2D eigenvalue weighted by Gasteiger charge is 2.24. The molecule has 2 amide bonds. The van der Waals surface area contributed by atoms with Crippen molar-refractivity contribution in [3.05, 3.63) is 16.4 Å². The average Bonchev–Trinajstić information content (AvgIpc) is 2.44. The van der Waals surface area contributed by atoms with Crippen molar-refractivity contribution in [1.82, 2.24) is 20.0 Å². The van der Waals surface area contributed by atoms with E-state index in [1.54, 1.807) is 16.6 Å². The Kier molecular flexibility index (Phi) is 3.17. The summed E-state index contributed by atoms with van der Waals surface area (Å²) in [5.41, 5.74) is 1.67. The topological polar surface area (TPSA) is 67.2 Å². The van der Waals surface area contributed by atoms with E-state index in [9.17, 15) is 9.59 Å². The molecule has 1 aliphatic rings. The second-order valence-electron chi connectivity index (χ2n) is 4.09. The molecule has 92 valence electrons. The molecule has 1 fully saturated rings. The van der Waals surface area contributed by atoms with Crippen molar-refractivity contribution in [3.8, 4) is 0 Å². The molecular formula is C10H13ClN4O2. The fourth-order valence-electron chi connectivity index (χ4n) is 1.89. The minimum absolute atomic E-state index is 0.205. The van der Waals surface area contributed by atoms with Gasteiger partial charge in [0.05, 0.1) is 18.8 Å². The third kappa shape index (κ3) is 2.48. The Morgan fingerprint density at radius 2 is 1.94 bits per heavy atom. The lowest BCUT2D eigenvalue weighted by Crippen LogP contribution is -2.50. The average molecular weight is 257 g/mol. The van der Waals surface area contributed by atoms with Gasteiger partial charge in [0, 0.05) is 19.2 Å². The molecular weight excluding hydrogens is 244 g/mol. The first-order valence-electron chi connectivity index (χ1n) is 5.20. The molecule has 6 nitrogen and oxygen atoms in total. The maximum atomic E-state index is 11.2. The zero-order valence-electron chi connectivity index (χ0n) is 9.66. The van der Waals surface area contributed by atoms with Gasteiger partial charge in [0.1, 0.15) is 5.15 Å². The summed E-state index contributed by atoms with van der Waals surface area (Å²) in [5, 5.41) is 6.99. The largest absolute Gasteiger partial charge is 0.294 e. The fraction of sp³-hybridized carbons (Fsp3) is 0.500. The van der Waals surface area contributed by atoms with E-state index < -0.39 is 0 Å². The number of aryl methyl sites for hydroxylation is 2. The number of aromatic nitrogens is 2. The lowest BCUT2D eigenvalue weighted by molar-refractivity contribution is -0.136. The molecule has 0 bridgehead atoms. The van der Waals surface area contributed by atoms with Crippen molar-refractivity contribution in [2.45, 2.75) is 13.5 Å². The maximum Gasteiger partial charge on any atom is 0.240 e. The molecule has 1 aromatic heterocycles. The second-order valence-corrected chi connectivity index (χ2v) is 4.45. The van der Waals surface area contributed by atoms with E-state index >= 15 is 0 Å². The highest BCUT2D eigenvalue weighted by molar-refractivity contribution is 6.30. The van der Waals surface area contributed by atoms with Gasteiger partial charge in [-0.3, -0.25) is 24.5 Å². The summed E-state index contributed by atoms with van der Waals surface area (Å²) >= 11 is 6.09. The van der Waals surface area contributed by atoms with Crippen LogP contribution in [-0.2, 0) is 23.2 Å². The van der Waals surface area contributed by atoms with Gasteiger partial charge >= 0.3 is 0 Å². The molecule has 1 aromatic rings. The molecule has 0 atom stereocenters. The van der Waals surface area contributed by atoms with Crippen molar-refractivity contribution >= 4 is 23.4 Å². The molecule has 2 heterocycles. The number of piperazine rings is 1. The fourth-order valence-corrected chi connectivity index (χ4v) is 2.12. The molecule has 2 rings (SSSR count). The summed E-state index contributed by atoms with van der Waals surface area (Å²) in [4.78, 5) is 24.2. The predicted molar refractivity (Wildman–Crippen MR) is 61.4 cm³/mol. The number of carbonyl (C=O) groups is 2. The lowest BCUT2D eigenvalue weighted by Gasteiger charge is -2.24. The maximum absolute atomic E-state index is 11.2.